The number of unbranched alkanes of at least 4 members (excludes halogenated alkanes) is 2. The Bertz CT molecular complexity index is 1800. The quantitative estimate of drug-likeness (QED) is 0.0671. The number of nitrogens with zero attached hydrogens (tertiary/aromatic N) is 2. The van der Waals surface area contributed by atoms with Gasteiger partial charge in [-0.2, -0.15) is 5.26 Å². The van der Waals surface area contributed by atoms with Crippen LogP contribution in [0.2, 0.25) is 0 Å². The van der Waals surface area contributed by atoms with Gasteiger partial charge in [-0.15, -0.1) is 0 Å². The van der Waals surface area contributed by atoms with Crippen molar-refractivity contribution in [1.29, 1.82) is 5.26 Å². The summed E-state index contributed by atoms with van der Waals surface area (Å²) in [5.74, 6) is -1.24. The molecule has 0 amide bonds. The Hall–Kier alpha value is -5.15. The van der Waals surface area contributed by atoms with E-state index in [0.29, 0.717) is 16.7 Å². The smallest absolute Gasteiger partial charge is 0.346 e. The summed E-state index contributed by atoms with van der Waals surface area (Å²) in [5.41, 5.74) is 6.26. The third-order valence-corrected chi connectivity index (χ3v) is 7.77. The van der Waals surface area contributed by atoms with Crippen LogP contribution in [0.25, 0.3) is 41.3 Å². The average Bonchev–Trinajstić information content (AvgIpc) is 3.05. The number of carboxylic acids is 1. The monoisotopic (exact) mass is 600 g/mol. The van der Waals surface area contributed by atoms with Crippen LogP contribution >= 0.6 is 0 Å². The van der Waals surface area contributed by atoms with E-state index in [-0.39, 0.29) is 11.2 Å². The summed E-state index contributed by atoms with van der Waals surface area (Å²) in [5, 5.41) is 18.9. The predicted molar refractivity (Wildman–Crippen MR) is 186 cm³/mol. The minimum atomic E-state index is -1.24. The van der Waals surface area contributed by atoms with Gasteiger partial charge in [0.25, 0.3) is 0 Å². The molecule has 0 aliphatic carbocycles. The summed E-state index contributed by atoms with van der Waals surface area (Å²) < 4.78 is 5.87. The first kappa shape index (κ1) is 32.8. The second kappa shape index (κ2) is 16.1. The maximum Gasteiger partial charge on any atom is 0.346 e. The fourth-order valence-corrected chi connectivity index (χ4v) is 5.18. The molecule has 6 heteroatoms. The van der Waals surface area contributed by atoms with Crippen molar-refractivity contribution in [3.05, 3.63) is 116 Å². The predicted octanol–water partition coefficient (Wildman–Crippen LogP) is 9.09. The number of aryl methyl sites for hydroxylation is 1. The molecule has 6 nitrogen and oxygen atoms in total. The summed E-state index contributed by atoms with van der Waals surface area (Å²) in [4.78, 5) is 26.6. The summed E-state index contributed by atoms with van der Waals surface area (Å²) in [6, 6.07) is 23.3. The Morgan fingerprint density at radius 3 is 1.84 bits per heavy atom. The zero-order valence-corrected chi connectivity index (χ0v) is 26.3. The zero-order valence-electron chi connectivity index (χ0n) is 26.3. The van der Waals surface area contributed by atoms with Crippen LogP contribution in [0.5, 0.6) is 0 Å². The maximum absolute atomic E-state index is 13.2. The molecule has 230 valence electrons. The molecular formula is C39H40N2O4. The van der Waals surface area contributed by atoms with Crippen molar-refractivity contribution in [2.45, 2.75) is 52.9 Å². The molecule has 0 bridgehead atoms. The van der Waals surface area contributed by atoms with Gasteiger partial charge in [-0.3, -0.25) is 0 Å². The lowest BCUT2D eigenvalue weighted by Gasteiger charge is -2.25. The normalized spacial score (nSPS) is 11.8. The number of rotatable bonds is 14. The van der Waals surface area contributed by atoms with Gasteiger partial charge in [0.2, 0.25) is 0 Å². The van der Waals surface area contributed by atoms with Gasteiger partial charge in [-0.1, -0.05) is 100 Å². The molecule has 0 saturated heterocycles. The molecule has 1 aromatic heterocycles. The van der Waals surface area contributed by atoms with Crippen LogP contribution < -0.4 is 10.5 Å². The second-order valence-electron chi connectivity index (χ2n) is 11.0. The fraction of sp³-hybridized carbons (Fsp3) is 0.256. The average molecular weight is 601 g/mol. The molecule has 0 aliphatic heterocycles. The number of carboxylic acid groups (broad SMARTS) is 1. The molecular weight excluding hydrogens is 560 g/mol. The molecule has 0 unspecified atom stereocenters. The molecule has 4 aromatic rings. The molecule has 0 aliphatic rings. The number of hydrogen-bond donors (Lipinski definition) is 1. The Morgan fingerprint density at radius 2 is 1.36 bits per heavy atom. The van der Waals surface area contributed by atoms with E-state index in [4.69, 9.17) is 14.8 Å². The Kier molecular flexibility index (Phi) is 11.7. The molecule has 3 aromatic carbocycles. The van der Waals surface area contributed by atoms with Crippen LogP contribution in [0.4, 0.5) is 5.69 Å². The van der Waals surface area contributed by atoms with Crippen LogP contribution in [0, 0.1) is 11.3 Å². The number of anilines is 1. The molecule has 0 fully saturated rings. The van der Waals surface area contributed by atoms with Crippen LogP contribution in [-0.2, 0) is 11.2 Å². The molecule has 4 rings (SSSR count). The van der Waals surface area contributed by atoms with Crippen molar-refractivity contribution in [3.8, 4) is 6.07 Å². The summed E-state index contributed by atoms with van der Waals surface area (Å²) in [7, 11) is 0. The second-order valence-corrected chi connectivity index (χ2v) is 11.0. The first-order chi connectivity index (χ1) is 21.9. The van der Waals surface area contributed by atoms with Crippen LogP contribution in [0.1, 0.15) is 79.8 Å². The van der Waals surface area contributed by atoms with Gasteiger partial charge >= 0.3 is 11.6 Å². The highest BCUT2D eigenvalue weighted by atomic mass is 16.4. The number of carbonyl (C=O) groups is 1. The van der Waals surface area contributed by atoms with Crippen molar-refractivity contribution >= 4 is 53.0 Å². The number of fused-ring (bicyclic) bond motifs is 1. The molecule has 1 N–H and O–H groups in total. The number of benzene rings is 3. The highest BCUT2D eigenvalue weighted by Crippen LogP contribution is 2.27. The summed E-state index contributed by atoms with van der Waals surface area (Å²) in [6.07, 6.45) is 14.3. The first-order valence-corrected chi connectivity index (χ1v) is 15.6. The first-order valence-electron chi connectivity index (χ1n) is 15.6. The standard InChI is InChI=1S/C39H40N2O4/c1-4-7-23-41(24-8-5-2)33-20-22-35-34(6-3)36(39(44)45-37(35)26-33)21-19-30-13-11-28(12-14-30)9-10-29-15-17-31(18-16-29)25-32(27-40)38(42)43/h9-22,25-26H,4-8,23-24H2,1-3H3,(H,42,43)/b10-9+,21-19+,32-25+. The van der Waals surface area contributed by atoms with E-state index in [1.54, 1.807) is 18.2 Å². The van der Waals surface area contributed by atoms with Crippen molar-refractivity contribution in [2.75, 3.05) is 18.0 Å². The Balaban J connectivity index is 1.50. The van der Waals surface area contributed by atoms with Crippen LogP contribution in [0.15, 0.2) is 81.5 Å². The van der Waals surface area contributed by atoms with E-state index >= 15 is 0 Å². The van der Waals surface area contributed by atoms with E-state index in [2.05, 4.69) is 37.8 Å². The summed E-state index contributed by atoms with van der Waals surface area (Å²) in [6.45, 7) is 8.46. The van der Waals surface area contributed by atoms with Gasteiger partial charge in [0.15, 0.2) is 0 Å². The van der Waals surface area contributed by atoms with Crippen molar-refractivity contribution in [2.24, 2.45) is 0 Å². The summed E-state index contributed by atoms with van der Waals surface area (Å²) >= 11 is 0. The minimum Gasteiger partial charge on any atom is -0.477 e. The van der Waals surface area contributed by atoms with E-state index in [1.807, 2.05) is 66.8 Å². The molecule has 1 heterocycles. The lowest BCUT2D eigenvalue weighted by Crippen LogP contribution is -2.25. The number of hydrogen-bond acceptors (Lipinski definition) is 5. The van der Waals surface area contributed by atoms with E-state index in [9.17, 15) is 9.59 Å². The van der Waals surface area contributed by atoms with Gasteiger partial charge in [-0.05, 0) is 71.4 Å². The Morgan fingerprint density at radius 1 is 0.822 bits per heavy atom. The lowest BCUT2D eigenvalue weighted by molar-refractivity contribution is -0.132. The highest BCUT2D eigenvalue weighted by molar-refractivity contribution is 5.96. The van der Waals surface area contributed by atoms with Gasteiger partial charge in [-0.25, -0.2) is 9.59 Å². The van der Waals surface area contributed by atoms with E-state index < -0.39 is 5.97 Å². The molecule has 45 heavy (non-hydrogen) atoms. The highest BCUT2D eigenvalue weighted by Gasteiger charge is 2.14. The third-order valence-electron chi connectivity index (χ3n) is 7.77. The fourth-order valence-electron chi connectivity index (χ4n) is 5.18. The minimum absolute atomic E-state index is 0.305. The van der Waals surface area contributed by atoms with Gasteiger partial charge in [0.05, 0.1) is 5.56 Å². The van der Waals surface area contributed by atoms with Crippen LogP contribution in [-0.4, -0.2) is 24.2 Å². The van der Waals surface area contributed by atoms with Crippen molar-refractivity contribution < 1.29 is 14.3 Å². The molecule has 0 spiro atoms. The van der Waals surface area contributed by atoms with Gasteiger partial charge in [0.1, 0.15) is 17.2 Å². The SMILES string of the molecule is CCCCN(CCCC)c1ccc2c(CC)c(/C=C/c3ccc(/C=C/c4ccc(/C=C(\C#N)C(=O)O)cc4)cc3)c(=O)oc2c1. The molecule has 0 atom stereocenters. The lowest BCUT2D eigenvalue weighted by atomic mass is 10.0. The van der Waals surface area contributed by atoms with Crippen molar-refractivity contribution in [3.63, 3.8) is 0 Å². The van der Waals surface area contributed by atoms with E-state index in [1.165, 1.54) is 6.08 Å². The maximum atomic E-state index is 13.2. The van der Waals surface area contributed by atoms with Crippen molar-refractivity contribution in [1.82, 2.24) is 0 Å². The van der Waals surface area contributed by atoms with Gasteiger partial charge in [0, 0.05) is 30.2 Å². The third kappa shape index (κ3) is 8.70. The molecule has 0 radical (unpaired) electrons. The van der Waals surface area contributed by atoms with Crippen LogP contribution in [0.3, 0.4) is 0 Å². The Labute approximate surface area is 265 Å². The number of aliphatic carboxylic acids is 1. The zero-order chi connectivity index (χ0) is 32.2. The topological polar surface area (TPSA) is 94.5 Å². The number of nitriles is 1. The van der Waals surface area contributed by atoms with E-state index in [0.717, 1.165) is 78.5 Å². The molecule has 0 saturated carbocycles. The largest absolute Gasteiger partial charge is 0.477 e. The van der Waals surface area contributed by atoms with Gasteiger partial charge < -0.3 is 14.4 Å².